The molecule has 3 aliphatic heterocycles. The number of fused-ring (bicyclic) bond motifs is 1. The van der Waals surface area contributed by atoms with E-state index in [1.54, 1.807) is 0 Å². The highest BCUT2D eigenvalue weighted by Crippen LogP contribution is 2.29. The molecule has 2 amide bonds. The van der Waals surface area contributed by atoms with E-state index in [-0.39, 0.29) is 12.1 Å². The topological polar surface area (TPSA) is 97.8 Å². The lowest BCUT2D eigenvalue weighted by atomic mass is 10.1. The SMILES string of the molecule is CC.O=C(Nc1ccc(-c2nc3c(c(N4CCOCC4)n2)COCC3)cc1)NC1COC1. The molecule has 9 nitrogen and oxygen atoms in total. The number of hydrogen-bond donors (Lipinski definition) is 2. The van der Waals surface area contributed by atoms with E-state index in [2.05, 4.69) is 15.5 Å². The number of hydrogen-bond acceptors (Lipinski definition) is 7. The van der Waals surface area contributed by atoms with Gasteiger partial charge < -0.3 is 29.7 Å². The van der Waals surface area contributed by atoms with Gasteiger partial charge in [0.15, 0.2) is 5.82 Å². The van der Waals surface area contributed by atoms with Gasteiger partial charge in [0.05, 0.1) is 51.4 Å². The number of rotatable bonds is 4. The third-order valence-electron chi connectivity index (χ3n) is 5.49. The zero-order chi connectivity index (χ0) is 22.3. The van der Waals surface area contributed by atoms with E-state index < -0.39 is 0 Å². The van der Waals surface area contributed by atoms with Gasteiger partial charge >= 0.3 is 6.03 Å². The number of anilines is 2. The summed E-state index contributed by atoms with van der Waals surface area (Å²) in [5.74, 6) is 1.64. The minimum Gasteiger partial charge on any atom is -0.378 e. The molecule has 0 atom stereocenters. The fourth-order valence-corrected chi connectivity index (χ4v) is 3.75. The summed E-state index contributed by atoms with van der Waals surface area (Å²) in [6, 6.07) is 7.48. The zero-order valence-electron chi connectivity index (χ0n) is 18.7. The molecule has 1 aromatic carbocycles. The summed E-state index contributed by atoms with van der Waals surface area (Å²) < 4.78 is 16.2. The summed E-state index contributed by atoms with van der Waals surface area (Å²) in [6.45, 7) is 9.38. The average Bonchev–Trinajstić information content (AvgIpc) is 2.83. The highest BCUT2D eigenvalue weighted by atomic mass is 16.5. The van der Waals surface area contributed by atoms with Crippen LogP contribution in [0.4, 0.5) is 16.3 Å². The minimum absolute atomic E-state index is 0.0933. The largest absolute Gasteiger partial charge is 0.378 e. The van der Waals surface area contributed by atoms with Crippen molar-refractivity contribution in [2.45, 2.75) is 32.9 Å². The van der Waals surface area contributed by atoms with Gasteiger partial charge in [-0.1, -0.05) is 13.8 Å². The molecule has 172 valence electrons. The standard InChI is InChI=1S/C21H25N5O4.C2H6/c27-21(23-16-11-30-12-16)22-15-3-1-14(2-4-15)19-24-18-5-8-29-13-17(18)20(25-19)26-6-9-28-10-7-26;1-2/h1-4,16H,5-13H2,(H2,22,23,27);1-2H3. The maximum Gasteiger partial charge on any atom is 0.319 e. The van der Waals surface area contributed by atoms with Crippen molar-refractivity contribution in [3.8, 4) is 11.4 Å². The first-order valence-electron chi connectivity index (χ1n) is 11.3. The third kappa shape index (κ3) is 5.17. The van der Waals surface area contributed by atoms with Gasteiger partial charge in [-0.25, -0.2) is 14.8 Å². The molecule has 2 saturated heterocycles. The van der Waals surface area contributed by atoms with Crippen molar-refractivity contribution in [1.82, 2.24) is 15.3 Å². The van der Waals surface area contributed by atoms with Crippen molar-refractivity contribution >= 4 is 17.5 Å². The van der Waals surface area contributed by atoms with Crippen LogP contribution < -0.4 is 15.5 Å². The Morgan fingerprint density at radius 3 is 2.44 bits per heavy atom. The first-order valence-corrected chi connectivity index (χ1v) is 11.3. The molecule has 2 aromatic rings. The number of carbonyl (C=O) groups excluding carboxylic acids is 1. The van der Waals surface area contributed by atoms with Gasteiger partial charge in [0.1, 0.15) is 5.82 Å². The van der Waals surface area contributed by atoms with Gasteiger partial charge in [0.25, 0.3) is 0 Å². The Kier molecular flexibility index (Phi) is 7.51. The first-order chi connectivity index (χ1) is 15.8. The third-order valence-corrected chi connectivity index (χ3v) is 5.49. The molecule has 0 saturated carbocycles. The number of nitrogens with zero attached hydrogens (tertiary/aromatic N) is 3. The number of nitrogens with one attached hydrogen (secondary N) is 2. The molecule has 5 rings (SSSR count). The molecule has 9 heteroatoms. The molecule has 2 fully saturated rings. The molecule has 3 aliphatic rings. The maximum absolute atomic E-state index is 12.0. The second-order valence-electron chi connectivity index (χ2n) is 7.61. The maximum atomic E-state index is 12.0. The van der Waals surface area contributed by atoms with E-state index in [0.29, 0.717) is 45.5 Å². The number of aromatic nitrogens is 2. The smallest absolute Gasteiger partial charge is 0.319 e. The fourth-order valence-electron chi connectivity index (χ4n) is 3.75. The number of amides is 2. The molecular formula is C23H31N5O4. The number of urea groups is 1. The van der Waals surface area contributed by atoms with E-state index in [4.69, 9.17) is 24.2 Å². The molecular weight excluding hydrogens is 410 g/mol. The molecule has 1 aromatic heterocycles. The van der Waals surface area contributed by atoms with Crippen LogP contribution >= 0.6 is 0 Å². The molecule has 2 N–H and O–H groups in total. The Labute approximate surface area is 188 Å². The molecule has 0 aliphatic carbocycles. The zero-order valence-corrected chi connectivity index (χ0v) is 18.7. The van der Waals surface area contributed by atoms with Crippen LogP contribution in [0.5, 0.6) is 0 Å². The van der Waals surface area contributed by atoms with Gasteiger partial charge in [0, 0.05) is 36.3 Å². The molecule has 4 heterocycles. The van der Waals surface area contributed by atoms with Crippen molar-refractivity contribution in [2.24, 2.45) is 0 Å². The lowest BCUT2D eigenvalue weighted by Gasteiger charge is -2.31. The quantitative estimate of drug-likeness (QED) is 0.753. The minimum atomic E-state index is -0.226. The van der Waals surface area contributed by atoms with Crippen molar-refractivity contribution in [1.29, 1.82) is 0 Å². The average molecular weight is 442 g/mol. The van der Waals surface area contributed by atoms with Gasteiger partial charge in [0.2, 0.25) is 0 Å². The summed E-state index contributed by atoms with van der Waals surface area (Å²) in [5.41, 5.74) is 3.77. The van der Waals surface area contributed by atoms with Crippen LogP contribution in [0.25, 0.3) is 11.4 Å². The van der Waals surface area contributed by atoms with E-state index in [1.807, 2.05) is 38.1 Å². The van der Waals surface area contributed by atoms with Crippen LogP contribution in [-0.4, -0.2) is 68.2 Å². The second-order valence-corrected chi connectivity index (χ2v) is 7.61. The van der Waals surface area contributed by atoms with Crippen molar-refractivity contribution in [3.63, 3.8) is 0 Å². The van der Waals surface area contributed by atoms with E-state index in [9.17, 15) is 4.79 Å². The monoisotopic (exact) mass is 441 g/mol. The number of morpholine rings is 1. The van der Waals surface area contributed by atoms with Crippen LogP contribution in [0, 0.1) is 0 Å². The van der Waals surface area contributed by atoms with E-state index in [0.717, 1.165) is 47.8 Å². The summed E-state index contributed by atoms with van der Waals surface area (Å²) in [6.07, 6.45) is 0.785. The van der Waals surface area contributed by atoms with E-state index in [1.165, 1.54) is 0 Å². The Hall–Kier alpha value is -2.75. The summed E-state index contributed by atoms with van der Waals surface area (Å²) in [7, 11) is 0. The van der Waals surface area contributed by atoms with Crippen LogP contribution in [0.2, 0.25) is 0 Å². The normalized spacial score (nSPS) is 18.0. The van der Waals surface area contributed by atoms with Gasteiger partial charge in [-0.15, -0.1) is 0 Å². The molecule has 32 heavy (non-hydrogen) atoms. The fraction of sp³-hybridized carbons (Fsp3) is 0.522. The van der Waals surface area contributed by atoms with Crippen LogP contribution in [0.15, 0.2) is 24.3 Å². The highest BCUT2D eigenvalue weighted by Gasteiger charge is 2.24. The highest BCUT2D eigenvalue weighted by molar-refractivity contribution is 5.89. The summed E-state index contributed by atoms with van der Waals surface area (Å²) in [5, 5.41) is 5.71. The van der Waals surface area contributed by atoms with E-state index >= 15 is 0 Å². The Bertz CT molecular complexity index is 911. The first kappa shape index (κ1) is 22.4. The van der Waals surface area contributed by atoms with Crippen molar-refractivity contribution in [2.75, 3.05) is 56.3 Å². The summed E-state index contributed by atoms with van der Waals surface area (Å²) in [4.78, 5) is 24.0. The molecule has 0 unspecified atom stereocenters. The van der Waals surface area contributed by atoms with Gasteiger partial charge in [-0.05, 0) is 24.3 Å². The molecule has 0 spiro atoms. The van der Waals surface area contributed by atoms with Crippen molar-refractivity contribution < 1.29 is 19.0 Å². The predicted octanol–water partition coefficient (Wildman–Crippen LogP) is 2.60. The Morgan fingerprint density at radius 1 is 1.00 bits per heavy atom. The second kappa shape index (κ2) is 10.7. The number of carbonyl (C=O) groups is 1. The van der Waals surface area contributed by atoms with Gasteiger partial charge in [-0.2, -0.15) is 0 Å². The summed E-state index contributed by atoms with van der Waals surface area (Å²) >= 11 is 0. The van der Waals surface area contributed by atoms with Gasteiger partial charge in [-0.3, -0.25) is 0 Å². The lowest BCUT2D eigenvalue weighted by molar-refractivity contribution is 0.000735. The van der Waals surface area contributed by atoms with Crippen LogP contribution in [0.1, 0.15) is 25.1 Å². The van der Waals surface area contributed by atoms with Crippen LogP contribution in [-0.2, 0) is 27.2 Å². The van der Waals surface area contributed by atoms with Crippen molar-refractivity contribution in [3.05, 3.63) is 35.5 Å². The van der Waals surface area contributed by atoms with Crippen LogP contribution in [0.3, 0.4) is 0 Å². The Balaban J connectivity index is 0.00000119. The predicted molar refractivity (Wildman–Crippen MR) is 122 cm³/mol. The number of benzene rings is 1. The number of ether oxygens (including phenoxy) is 3. The lowest BCUT2D eigenvalue weighted by Crippen LogP contribution is -2.49. The molecule has 0 radical (unpaired) electrons. The Morgan fingerprint density at radius 2 is 1.75 bits per heavy atom. The molecule has 0 bridgehead atoms.